The maximum Gasteiger partial charge on any atom is 0.246 e. The summed E-state index contributed by atoms with van der Waals surface area (Å²) in [5.74, 6) is -2.13. The van der Waals surface area contributed by atoms with Gasteiger partial charge in [-0.25, -0.2) is 0 Å². The number of fused-ring (bicyclic) bond motifs is 1. The molecule has 1 aromatic carbocycles. The summed E-state index contributed by atoms with van der Waals surface area (Å²) >= 11 is 0. The molecule has 4 fully saturated rings. The minimum absolute atomic E-state index is 0.0780. The summed E-state index contributed by atoms with van der Waals surface area (Å²) in [6.45, 7) is 1.61. The van der Waals surface area contributed by atoms with Gasteiger partial charge in [0.15, 0.2) is 0 Å². The topological polar surface area (TPSA) is 108 Å². The predicted octanol–water partition coefficient (Wildman–Crippen LogP) is 1.55. The van der Waals surface area contributed by atoms with Gasteiger partial charge in [-0.1, -0.05) is 49.6 Å². The van der Waals surface area contributed by atoms with Crippen LogP contribution < -0.4 is 10.6 Å². The second kappa shape index (κ2) is 9.21. The van der Waals surface area contributed by atoms with Crippen LogP contribution in [-0.2, 0) is 25.5 Å². The molecule has 1 aliphatic carbocycles. The zero-order chi connectivity index (χ0) is 24.8. The van der Waals surface area contributed by atoms with Crippen molar-refractivity contribution in [2.45, 2.75) is 87.6 Å². The molecule has 0 radical (unpaired) electrons. The summed E-state index contributed by atoms with van der Waals surface area (Å²) in [6, 6.07) is 8.28. The Hall–Kier alpha value is -2.45. The van der Waals surface area contributed by atoms with Crippen molar-refractivity contribution in [2.24, 2.45) is 11.8 Å². The smallest absolute Gasteiger partial charge is 0.246 e. The lowest BCUT2D eigenvalue weighted by atomic mass is 9.66. The highest BCUT2D eigenvalue weighted by atomic mass is 16.5. The Bertz CT molecular complexity index is 980. The molecule has 1 aromatic rings. The van der Waals surface area contributed by atoms with Crippen molar-refractivity contribution in [2.75, 3.05) is 13.7 Å². The molecule has 6 atom stereocenters. The number of hydrogen-bond acceptors (Lipinski definition) is 5. The average molecular weight is 484 g/mol. The van der Waals surface area contributed by atoms with Crippen molar-refractivity contribution >= 4 is 17.7 Å². The summed E-state index contributed by atoms with van der Waals surface area (Å²) in [5, 5.41) is 16.4. The number of carbonyl (C=O) groups excluding carboxylic acids is 3. The summed E-state index contributed by atoms with van der Waals surface area (Å²) in [5.41, 5.74) is -0.879. The largest absolute Gasteiger partial charge is 0.394 e. The molecule has 1 saturated carbocycles. The van der Waals surface area contributed by atoms with Crippen molar-refractivity contribution < 1.29 is 24.2 Å². The van der Waals surface area contributed by atoms with E-state index in [4.69, 9.17) is 4.74 Å². The lowest BCUT2D eigenvalue weighted by Gasteiger charge is -2.38. The quantitative estimate of drug-likeness (QED) is 0.546. The van der Waals surface area contributed by atoms with Crippen molar-refractivity contribution in [3.8, 4) is 0 Å². The van der Waals surface area contributed by atoms with Crippen molar-refractivity contribution in [1.29, 1.82) is 0 Å². The molecule has 35 heavy (non-hydrogen) atoms. The third kappa shape index (κ3) is 3.85. The minimum atomic E-state index is -1.06. The van der Waals surface area contributed by atoms with E-state index in [1.165, 1.54) is 6.42 Å². The van der Waals surface area contributed by atoms with E-state index in [1.54, 1.807) is 11.9 Å². The monoisotopic (exact) mass is 483 g/mol. The first-order chi connectivity index (χ1) is 16.8. The summed E-state index contributed by atoms with van der Waals surface area (Å²) < 4.78 is 6.61. The van der Waals surface area contributed by atoms with Crippen LogP contribution in [-0.4, -0.2) is 70.7 Å². The van der Waals surface area contributed by atoms with Crippen LogP contribution >= 0.6 is 0 Å². The van der Waals surface area contributed by atoms with Gasteiger partial charge in [0.2, 0.25) is 17.7 Å². The fraction of sp³-hybridized carbons (Fsp3) is 0.667. The number of rotatable bonds is 7. The number of aliphatic hydroxyl groups excluding tert-OH is 1. The van der Waals surface area contributed by atoms with E-state index in [0.717, 1.165) is 31.2 Å². The highest BCUT2D eigenvalue weighted by molar-refractivity contribution is 5.99. The first kappa shape index (κ1) is 24.3. The first-order valence-corrected chi connectivity index (χ1v) is 13.0. The number of ether oxygens (including phenoxy) is 1. The fourth-order valence-corrected chi connectivity index (χ4v) is 7.28. The Morgan fingerprint density at radius 2 is 1.86 bits per heavy atom. The lowest BCUT2D eigenvalue weighted by molar-refractivity contribution is -0.149. The summed E-state index contributed by atoms with van der Waals surface area (Å²) in [4.78, 5) is 42.6. The van der Waals surface area contributed by atoms with Gasteiger partial charge in [-0.2, -0.15) is 0 Å². The molecule has 8 nitrogen and oxygen atoms in total. The maximum absolute atomic E-state index is 14.1. The van der Waals surface area contributed by atoms with Gasteiger partial charge in [0.05, 0.1) is 30.1 Å². The Morgan fingerprint density at radius 1 is 1.14 bits per heavy atom. The molecule has 3 heterocycles. The Morgan fingerprint density at radius 3 is 2.51 bits per heavy atom. The predicted molar refractivity (Wildman–Crippen MR) is 129 cm³/mol. The van der Waals surface area contributed by atoms with Gasteiger partial charge in [0, 0.05) is 13.1 Å². The second-order valence-electron chi connectivity index (χ2n) is 11.0. The van der Waals surface area contributed by atoms with Crippen molar-refractivity contribution in [3.63, 3.8) is 0 Å². The number of likely N-dealkylation sites (tertiary alicyclic amines) is 1. The SMILES string of the molecule is CNC(=O)[C@H]1[C@H]2C(=O)N([C@@H](CO)Cc3ccccc3)C(C(=O)NC3CCCCC3)C23CC[C@]1(C)O3. The fourth-order valence-electron chi connectivity index (χ4n) is 7.28. The van der Waals surface area contributed by atoms with Crippen molar-refractivity contribution in [3.05, 3.63) is 35.9 Å². The molecule has 2 bridgehead atoms. The zero-order valence-corrected chi connectivity index (χ0v) is 20.7. The number of aliphatic hydroxyl groups is 1. The third-order valence-corrected chi connectivity index (χ3v) is 8.86. The lowest BCUT2D eigenvalue weighted by Crippen LogP contribution is -2.59. The van der Waals surface area contributed by atoms with E-state index in [2.05, 4.69) is 10.6 Å². The average Bonchev–Trinajstić information content (AvgIpc) is 3.44. The third-order valence-electron chi connectivity index (χ3n) is 8.86. The van der Waals surface area contributed by atoms with Crippen molar-refractivity contribution in [1.82, 2.24) is 15.5 Å². The van der Waals surface area contributed by atoms with E-state index < -0.39 is 35.1 Å². The van der Waals surface area contributed by atoms with Crippen LogP contribution in [0.15, 0.2) is 30.3 Å². The van der Waals surface area contributed by atoms with E-state index >= 15 is 0 Å². The number of nitrogens with one attached hydrogen (secondary N) is 2. The molecule has 3 N–H and O–H groups in total. The van der Waals surface area contributed by atoms with Crippen LogP contribution in [0.2, 0.25) is 0 Å². The molecular formula is C27H37N3O5. The van der Waals surface area contributed by atoms with Crippen LogP contribution in [0.4, 0.5) is 0 Å². The molecule has 190 valence electrons. The molecule has 5 rings (SSSR count). The van der Waals surface area contributed by atoms with Crippen LogP contribution in [0.5, 0.6) is 0 Å². The highest BCUT2D eigenvalue weighted by Crippen LogP contribution is 2.63. The normalized spacial score (nSPS) is 35.1. The molecule has 3 amide bonds. The maximum atomic E-state index is 14.1. The Kier molecular flexibility index (Phi) is 6.38. The number of carbonyl (C=O) groups is 3. The highest BCUT2D eigenvalue weighted by Gasteiger charge is 2.78. The number of benzene rings is 1. The van der Waals surface area contributed by atoms with Crippen LogP contribution in [0.25, 0.3) is 0 Å². The van der Waals surface area contributed by atoms with Crippen LogP contribution in [0, 0.1) is 11.8 Å². The molecule has 0 aromatic heterocycles. The van der Waals surface area contributed by atoms with Gasteiger partial charge in [0.1, 0.15) is 11.6 Å². The number of hydrogen-bond donors (Lipinski definition) is 3. The van der Waals surface area contributed by atoms with Gasteiger partial charge in [-0.05, 0) is 44.6 Å². The first-order valence-electron chi connectivity index (χ1n) is 13.0. The molecule has 8 heteroatoms. The van der Waals surface area contributed by atoms with Gasteiger partial charge in [-0.15, -0.1) is 0 Å². The molecule has 4 aliphatic rings. The van der Waals surface area contributed by atoms with E-state index in [1.807, 2.05) is 37.3 Å². The second-order valence-corrected chi connectivity index (χ2v) is 11.0. The summed E-state index contributed by atoms with van der Waals surface area (Å²) in [6.07, 6.45) is 6.74. The molecular weight excluding hydrogens is 446 g/mol. The Balaban J connectivity index is 1.53. The van der Waals surface area contributed by atoms with E-state index in [0.29, 0.717) is 19.3 Å². The van der Waals surface area contributed by atoms with E-state index in [-0.39, 0.29) is 30.4 Å². The van der Waals surface area contributed by atoms with Crippen LogP contribution in [0.1, 0.15) is 57.4 Å². The Labute approximate surface area is 206 Å². The molecule has 3 aliphatic heterocycles. The van der Waals surface area contributed by atoms with Gasteiger partial charge >= 0.3 is 0 Å². The molecule has 2 unspecified atom stereocenters. The standard InChI is InChI=1S/C27H37N3O5/c1-26-13-14-27(35-26)21(20(26)23(32)28-2)25(34)30(19(16-31)15-17-9-5-3-6-10-17)22(27)24(33)29-18-11-7-4-8-12-18/h3,5-6,9-10,18-22,31H,4,7-8,11-16H2,1-2H3,(H,28,32)(H,29,33)/t19-,20-,21+,22?,26+,27?/m1/s1. The zero-order valence-electron chi connectivity index (χ0n) is 20.7. The minimum Gasteiger partial charge on any atom is -0.394 e. The van der Waals surface area contributed by atoms with Crippen LogP contribution in [0.3, 0.4) is 0 Å². The summed E-state index contributed by atoms with van der Waals surface area (Å²) in [7, 11) is 1.57. The number of amides is 3. The molecule has 3 saturated heterocycles. The van der Waals surface area contributed by atoms with Gasteiger partial charge in [0.25, 0.3) is 0 Å². The molecule has 1 spiro atoms. The van der Waals surface area contributed by atoms with Gasteiger partial charge < -0.3 is 25.4 Å². The number of nitrogens with zero attached hydrogens (tertiary/aromatic N) is 1. The van der Waals surface area contributed by atoms with Gasteiger partial charge in [-0.3, -0.25) is 14.4 Å². The van der Waals surface area contributed by atoms with E-state index in [9.17, 15) is 19.5 Å².